The molecule has 0 saturated carbocycles. The standard InChI is InChI=1S/C17H22N2O5/c1-12(20)24-15-8-7-13(11-16(15)23-2)5-4-10-19-14(17(21)22)6-3-9-18/h4-5,7-8,10-11,14H,3,6,9,18H2,1-2H3,(H,21,22)/b5-4+,19-10?/t14-/m0/s1. The van der Waals surface area contributed by atoms with Crippen LogP contribution in [0.4, 0.5) is 0 Å². The van der Waals surface area contributed by atoms with Gasteiger partial charge in [0.1, 0.15) is 6.04 Å². The number of nitrogens with zero attached hydrogens (tertiary/aromatic N) is 1. The number of aliphatic carboxylic acids is 1. The van der Waals surface area contributed by atoms with E-state index in [2.05, 4.69) is 4.99 Å². The predicted octanol–water partition coefficient (Wildman–Crippen LogP) is 1.90. The number of aliphatic imine (C=N–C) groups is 1. The lowest BCUT2D eigenvalue weighted by atomic mass is 10.1. The summed E-state index contributed by atoms with van der Waals surface area (Å²) < 4.78 is 10.2. The van der Waals surface area contributed by atoms with Gasteiger partial charge in [-0.1, -0.05) is 12.1 Å². The van der Waals surface area contributed by atoms with Gasteiger partial charge in [0.05, 0.1) is 7.11 Å². The van der Waals surface area contributed by atoms with Crippen molar-refractivity contribution in [2.45, 2.75) is 25.8 Å². The number of methoxy groups -OCH3 is 1. The van der Waals surface area contributed by atoms with Gasteiger partial charge in [0, 0.05) is 13.1 Å². The first-order valence-electron chi connectivity index (χ1n) is 7.47. The summed E-state index contributed by atoms with van der Waals surface area (Å²) in [6.45, 7) is 1.75. The third-order valence-corrected chi connectivity index (χ3v) is 3.05. The molecule has 0 aliphatic rings. The Morgan fingerprint density at radius 2 is 2.12 bits per heavy atom. The normalized spacial score (nSPS) is 12.5. The summed E-state index contributed by atoms with van der Waals surface area (Å²) in [4.78, 5) is 26.1. The van der Waals surface area contributed by atoms with Crippen molar-refractivity contribution in [2.24, 2.45) is 10.7 Å². The first-order valence-corrected chi connectivity index (χ1v) is 7.47. The lowest BCUT2D eigenvalue weighted by Gasteiger charge is -2.08. The molecule has 130 valence electrons. The fraction of sp³-hybridized carbons (Fsp3) is 0.353. The second-order valence-electron chi connectivity index (χ2n) is 4.95. The first kappa shape index (κ1) is 19.4. The highest BCUT2D eigenvalue weighted by atomic mass is 16.6. The molecule has 0 amide bonds. The fourth-order valence-electron chi connectivity index (χ4n) is 1.91. The summed E-state index contributed by atoms with van der Waals surface area (Å²) >= 11 is 0. The molecule has 7 nitrogen and oxygen atoms in total. The van der Waals surface area contributed by atoms with E-state index in [1.807, 2.05) is 0 Å². The Kier molecular flexibility index (Phi) is 8.21. The number of nitrogens with two attached hydrogens (primary N) is 1. The van der Waals surface area contributed by atoms with Crippen molar-refractivity contribution >= 4 is 24.2 Å². The van der Waals surface area contributed by atoms with E-state index in [0.717, 1.165) is 5.56 Å². The van der Waals surface area contributed by atoms with Crippen molar-refractivity contribution in [3.63, 3.8) is 0 Å². The summed E-state index contributed by atoms with van der Waals surface area (Å²) in [5.41, 5.74) is 6.17. The van der Waals surface area contributed by atoms with Crippen molar-refractivity contribution in [2.75, 3.05) is 13.7 Å². The highest BCUT2D eigenvalue weighted by molar-refractivity contribution is 5.82. The van der Waals surface area contributed by atoms with Gasteiger partial charge >= 0.3 is 11.9 Å². The molecule has 0 fully saturated rings. The Balaban J connectivity index is 2.77. The van der Waals surface area contributed by atoms with E-state index in [1.165, 1.54) is 20.2 Å². The summed E-state index contributed by atoms with van der Waals surface area (Å²) in [6, 6.07) is 4.28. The van der Waals surface area contributed by atoms with Crippen LogP contribution in [0.15, 0.2) is 29.3 Å². The largest absolute Gasteiger partial charge is 0.493 e. The molecule has 24 heavy (non-hydrogen) atoms. The molecule has 1 atom stereocenters. The van der Waals surface area contributed by atoms with Crippen LogP contribution in [-0.2, 0) is 9.59 Å². The zero-order valence-corrected chi connectivity index (χ0v) is 13.8. The van der Waals surface area contributed by atoms with E-state index in [1.54, 1.807) is 30.4 Å². The van der Waals surface area contributed by atoms with Crippen LogP contribution in [0, 0.1) is 0 Å². The molecule has 0 aliphatic heterocycles. The number of hydrogen-bond acceptors (Lipinski definition) is 6. The van der Waals surface area contributed by atoms with Gasteiger partial charge < -0.3 is 20.3 Å². The van der Waals surface area contributed by atoms with Gasteiger partial charge in [0.15, 0.2) is 11.5 Å². The maximum atomic E-state index is 11.0. The number of carboxylic acid groups (broad SMARTS) is 1. The molecule has 0 radical (unpaired) electrons. The van der Waals surface area contributed by atoms with E-state index in [0.29, 0.717) is 30.9 Å². The molecule has 1 aromatic carbocycles. The van der Waals surface area contributed by atoms with E-state index >= 15 is 0 Å². The third-order valence-electron chi connectivity index (χ3n) is 3.05. The Labute approximate surface area is 140 Å². The molecule has 1 rings (SSSR count). The van der Waals surface area contributed by atoms with E-state index in [-0.39, 0.29) is 0 Å². The van der Waals surface area contributed by atoms with Crippen molar-refractivity contribution in [3.05, 3.63) is 29.8 Å². The van der Waals surface area contributed by atoms with Crippen molar-refractivity contribution in [1.29, 1.82) is 0 Å². The average Bonchev–Trinajstić information content (AvgIpc) is 2.54. The molecule has 0 bridgehead atoms. The zero-order valence-electron chi connectivity index (χ0n) is 13.8. The van der Waals surface area contributed by atoms with Crippen LogP contribution < -0.4 is 15.2 Å². The van der Waals surface area contributed by atoms with Gasteiger partial charge in [0.2, 0.25) is 0 Å². The van der Waals surface area contributed by atoms with Crippen LogP contribution in [0.1, 0.15) is 25.3 Å². The highest BCUT2D eigenvalue weighted by Crippen LogP contribution is 2.28. The summed E-state index contributed by atoms with van der Waals surface area (Å²) in [6.07, 6.45) is 5.83. The van der Waals surface area contributed by atoms with E-state index < -0.39 is 18.0 Å². The molecule has 0 unspecified atom stereocenters. The Hall–Kier alpha value is -2.67. The number of carbonyl (C=O) groups excluding carboxylic acids is 1. The Morgan fingerprint density at radius 1 is 1.38 bits per heavy atom. The maximum absolute atomic E-state index is 11.0. The lowest BCUT2D eigenvalue weighted by Crippen LogP contribution is -2.19. The van der Waals surface area contributed by atoms with Gasteiger partial charge in [0.25, 0.3) is 0 Å². The maximum Gasteiger partial charge on any atom is 0.328 e. The predicted molar refractivity (Wildman–Crippen MR) is 91.5 cm³/mol. The van der Waals surface area contributed by atoms with Crippen LogP contribution in [0.25, 0.3) is 6.08 Å². The summed E-state index contributed by atoms with van der Waals surface area (Å²) in [5.74, 6) is -0.638. The monoisotopic (exact) mass is 334 g/mol. The molecular formula is C17H22N2O5. The molecule has 0 aliphatic carbocycles. The van der Waals surface area contributed by atoms with Crippen molar-refractivity contribution < 1.29 is 24.2 Å². The second-order valence-corrected chi connectivity index (χ2v) is 4.95. The number of allylic oxidation sites excluding steroid dienone is 1. The smallest absolute Gasteiger partial charge is 0.328 e. The molecule has 7 heteroatoms. The molecule has 3 N–H and O–H groups in total. The zero-order chi connectivity index (χ0) is 17.9. The quantitative estimate of drug-likeness (QED) is 0.405. The molecular weight excluding hydrogens is 312 g/mol. The van der Waals surface area contributed by atoms with Crippen molar-refractivity contribution in [1.82, 2.24) is 0 Å². The Morgan fingerprint density at radius 3 is 2.71 bits per heavy atom. The van der Waals surface area contributed by atoms with Crippen LogP contribution >= 0.6 is 0 Å². The topological polar surface area (TPSA) is 111 Å². The molecule has 0 spiro atoms. The van der Waals surface area contributed by atoms with Crippen LogP contribution in [0.3, 0.4) is 0 Å². The van der Waals surface area contributed by atoms with Crippen LogP contribution in [0.2, 0.25) is 0 Å². The minimum atomic E-state index is -0.972. The molecule has 0 heterocycles. The van der Waals surface area contributed by atoms with Gasteiger partial charge in [-0.3, -0.25) is 9.79 Å². The molecule has 0 saturated heterocycles. The van der Waals surface area contributed by atoms with Gasteiger partial charge in [-0.15, -0.1) is 0 Å². The number of hydrogen-bond donors (Lipinski definition) is 2. The van der Waals surface area contributed by atoms with Crippen molar-refractivity contribution in [3.8, 4) is 11.5 Å². The molecule has 1 aromatic rings. The highest BCUT2D eigenvalue weighted by Gasteiger charge is 2.13. The van der Waals surface area contributed by atoms with Crippen LogP contribution in [-0.4, -0.2) is 43.0 Å². The van der Waals surface area contributed by atoms with Gasteiger partial charge in [-0.25, -0.2) is 4.79 Å². The minimum absolute atomic E-state index is 0.337. The first-order chi connectivity index (χ1) is 11.5. The average molecular weight is 334 g/mol. The third kappa shape index (κ3) is 6.62. The number of ether oxygens (including phenoxy) is 2. The SMILES string of the molecule is COc1cc(/C=C/C=N[C@@H](CCCN)C(=O)O)ccc1OC(C)=O. The lowest BCUT2D eigenvalue weighted by molar-refractivity contribution is -0.138. The molecule has 0 aromatic heterocycles. The number of rotatable bonds is 9. The summed E-state index contributed by atoms with van der Waals surface area (Å²) in [5, 5.41) is 9.05. The minimum Gasteiger partial charge on any atom is -0.493 e. The van der Waals surface area contributed by atoms with Crippen LogP contribution in [0.5, 0.6) is 11.5 Å². The van der Waals surface area contributed by atoms with Gasteiger partial charge in [-0.2, -0.15) is 0 Å². The Bertz CT molecular complexity index is 625. The summed E-state index contributed by atoms with van der Waals surface area (Å²) in [7, 11) is 1.48. The van der Waals surface area contributed by atoms with E-state index in [4.69, 9.17) is 20.3 Å². The van der Waals surface area contributed by atoms with Gasteiger partial charge in [-0.05, 0) is 43.2 Å². The number of carboxylic acids is 1. The second kappa shape index (κ2) is 10.2. The fourth-order valence-corrected chi connectivity index (χ4v) is 1.91. The number of carbonyl (C=O) groups is 2. The van der Waals surface area contributed by atoms with E-state index in [9.17, 15) is 9.59 Å². The number of esters is 1. The number of benzene rings is 1.